The number of hydrogen-bond acceptors (Lipinski definition) is 0. The van der Waals surface area contributed by atoms with Gasteiger partial charge in [0.05, 0.1) is 0 Å². The summed E-state index contributed by atoms with van der Waals surface area (Å²) in [4.78, 5) is 0. The Bertz CT molecular complexity index is 2420. The van der Waals surface area contributed by atoms with Crippen LogP contribution in [0.25, 0.3) is 34.4 Å². The molecule has 4 aromatic rings. The molecule has 2 atom stereocenters. The van der Waals surface area contributed by atoms with Crippen molar-refractivity contribution in [2.45, 2.75) is 132 Å². The van der Waals surface area contributed by atoms with Crippen molar-refractivity contribution in [3.05, 3.63) is 129 Å². The van der Waals surface area contributed by atoms with Crippen LogP contribution in [0.3, 0.4) is 0 Å². The zero-order valence-corrected chi connectivity index (χ0v) is 45.6. The van der Waals surface area contributed by atoms with E-state index in [-0.39, 0.29) is 32.1 Å². The third-order valence-electron chi connectivity index (χ3n) is 20.3. The Morgan fingerprint density at radius 3 is 1.21 bits per heavy atom. The Balaban J connectivity index is 0.00000263. The summed E-state index contributed by atoms with van der Waals surface area (Å²) in [7, 11) is 0. The molecule has 14 rings (SSSR count). The second kappa shape index (κ2) is 18.1. The minimum Gasteiger partial charge on any atom is -0.147 e. The molecule has 0 aliphatic heterocycles. The van der Waals surface area contributed by atoms with Gasteiger partial charge in [0.15, 0.2) is 0 Å². The van der Waals surface area contributed by atoms with E-state index in [1.54, 1.807) is 0 Å². The maximum atomic E-state index is 15.4. The average Bonchev–Trinajstić information content (AvgIpc) is 3.87. The van der Waals surface area contributed by atoms with Gasteiger partial charge < -0.3 is 0 Å². The minimum absolute atomic E-state index is 0. The van der Waals surface area contributed by atoms with E-state index in [4.69, 9.17) is 0 Å². The van der Waals surface area contributed by atoms with Crippen molar-refractivity contribution in [1.29, 1.82) is 0 Å². The molecule has 0 nitrogen and oxygen atoms in total. The van der Waals surface area contributed by atoms with E-state index < -0.39 is 30.0 Å². The summed E-state index contributed by atoms with van der Waals surface area (Å²) in [6.45, 7) is 6.66. The number of fused-ring (bicyclic) bond motifs is 2. The van der Waals surface area contributed by atoms with Crippen LogP contribution in [0.2, 0.25) is 8.76 Å². The van der Waals surface area contributed by atoms with E-state index in [0.717, 1.165) is 73.0 Å². The molecule has 0 saturated heterocycles. The van der Waals surface area contributed by atoms with Crippen molar-refractivity contribution in [1.82, 2.24) is 0 Å². The number of halogens is 5. The second-order valence-corrected chi connectivity index (χ2v) is 52.7. The standard InChI is InChI=1S/2C28H31.C3H4F3.CH3.2ClH.H2Si.Zr/c2*1-2-18-6-8-22(9-7-18)26-5-3-4-23-11-21(17-28(23)26)16-27-24-12-19-10-20(14-24)15-25(27)13-19;1-2-3(4,5)6;;;;;/h2*3-9,11,17,19-20,24-25,27H,2,10,12-16H2,1H3;1-2H2;1H3;2*1H;1H2;. The Kier molecular flexibility index (Phi) is 13.1. The van der Waals surface area contributed by atoms with Crippen LogP contribution in [0.4, 0.5) is 13.2 Å². The van der Waals surface area contributed by atoms with Crippen LogP contribution in [-0.2, 0) is 30.2 Å². The first-order valence-electron chi connectivity index (χ1n) is 26.3. The van der Waals surface area contributed by atoms with Crippen molar-refractivity contribution in [2.75, 3.05) is 0 Å². The summed E-state index contributed by atoms with van der Waals surface area (Å²) < 4.78 is 49.1. The van der Waals surface area contributed by atoms with Gasteiger partial charge in [0, 0.05) is 0 Å². The zero-order chi connectivity index (χ0) is 44.4. The molecule has 2 unspecified atom stereocenters. The fourth-order valence-electron chi connectivity index (χ4n) is 17.9. The van der Waals surface area contributed by atoms with E-state index in [9.17, 15) is 0 Å². The van der Waals surface area contributed by atoms with Gasteiger partial charge >= 0.3 is 393 Å². The van der Waals surface area contributed by atoms with Crippen LogP contribution in [0.15, 0.2) is 96.1 Å². The third kappa shape index (κ3) is 8.46. The predicted molar refractivity (Wildman–Crippen MR) is 279 cm³/mol. The summed E-state index contributed by atoms with van der Waals surface area (Å²) in [5.41, 5.74) is 16.1. The molecule has 356 valence electrons. The normalized spacial score (nSPS) is 32.0. The molecule has 4 aromatic carbocycles. The van der Waals surface area contributed by atoms with Gasteiger partial charge in [-0.05, 0) is 0 Å². The Morgan fingerprint density at radius 1 is 0.522 bits per heavy atom. The molecule has 7 heteroatoms. The number of hydrogen-bond donors (Lipinski definition) is 0. The number of rotatable bonds is 12. The van der Waals surface area contributed by atoms with E-state index >= 15 is 13.2 Å². The van der Waals surface area contributed by atoms with Crippen LogP contribution < -0.4 is 0 Å². The number of aryl methyl sites for hydroxylation is 2. The monoisotopic (exact) mass is 1040 g/mol. The summed E-state index contributed by atoms with van der Waals surface area (Å²) in [6, 6.07) is 32.3. The first-order valence-corrected chi connectivity index (χ1v) is 39.2. The third-order valence-corrected chi connectivity index (χ3v) is 43.2. The van der Waals surface area contributed by atoms with E-state index in [1.807, 2.05) is 0 Å². The van der Waals surface area contributed by atoms with Gasteiger partial charge in [-0.15, -0.1) is 24.8 Å². The molecule has 67 heavy (non-hydrogen) atoms. The molecular formula is C60H73Cl2F3SiZr. The van der Waals surface area contributed by atoms with E-state index in [2.05, 4.69) is 122 Å². The van der Waals surface area contributed by atoms with Crippen molar-refractivity contribution < 1.29 is 30.6 Å². The quantitative estimate of drug-likeness (QED) is 0.124. The minimum atomic E-state index is -4.92. The molecule has 0 aromatic heterocycles. The molecule has 0 amide bonds. The summed E-state index contributed by atoms with van der Waals surface area (Å²) in [5, 5.41) is 0. The molecular weight excluding hydrogens is 968 g/mol. The topological polar surface area (TPSA) is 0 Å². The molecule has 0 N–H and O–H groups in total. The fraction of sp³-hybridized carbons (Fsp3) is 0.533. The van der Waals surface area contributed by atoms with Gasteiger partial charge in [-0.25, -0.2) is 0 Å². The molecule has 8 fully saturated rings. The van der Waals surface area contributed by atoms with Gasteiger partial charge in [-0.1, -0.05) is 0 Å². The van der Waals surface area contributed by atoms with Gasteiger partial charge in [-0.2, -0.15) is 0 Å². The molecule has 0 heterocycles. The average molecular weight is 1040 g/mol. The predicted octanol–water partition coefficient (Wildman–Crippen LogP) is 17.1. The molecule has 10 aliphatic carbocycles. The summed E-state index contributed by atoms with van der Waals surface area (Å²) >= 11 is -4.92. The summed E-state index contributed by atoms with van der Waals surface area (Å²) in [6.07, 6.45) is 18.3. The Labute approximate surface area is 414 Å². The molecule has 8 bridgehead atoms. The first kappa shape index (κ1) is 48.5. The second-order valence-electron chi connectivity index (χ2n) is 24.3. The zero-order valence-electron chi connectivity index (χ0n) is 40.1. The fourth-order valence-corrected chi connectivity index (χ4v) is 41.6. The van der Waals surface area contributed by atoms with Gasteiger partial charge in [0.25, 0.3) is 0 Å². The van der Waals surface area contributed by atoms with Crippen molar-refractivity contribution in [2.24, 2.45) is 59.2 Å². The van der Waals surface area contributed by atoms with Crippen molar-refractivity contribution >= 4 is 43.8 Å². The molecule has 0 spiro atoms. The maximum Gasteiger partial charge on any atom is -0.147 e. The maximum absolute atomic E-state index is 15.4. The summed E-state index contributed by atoms with van der Waals surface area (Å²) in [5.74, 6) is 7.96. The van der Waals surface area contributed by atoms with Gasteiger partial charge in [0.1, 0.15) is 0 Å². The van der Waals surface area contributed by atoms with E-state index in [1.165, 1.54) is 131 Å². The molecule has 8 saturated carbocycles. The van der Waals surface area contributed by atoms with Crippen LogP contribution >= 0.6 is 24.8 Å². The number of allylic oxidation sites excluding steroid dienone is 2. The van der Waals surface area contributed by atoms with Crippen LogP contribution in [0, 0.1) is 59.2 Å². The first-order chi connectivity index (χ1) is 31.3. The van der Waals surface area contributed by atoms with E-state index in [0.29, 0.717) is 16.0 Å². The van der Waals surface area contributed by atoms with Gasteiger partial charge in [0.2, 0.25) is 0 Å². The Hall–Kier alpha value is -2.17. The van der Waals surface area contributed by atoms with Crippen molar-refractivity contribution in [3.63, 3.8) is 0 Å². The van der Waals surface area contributed by atoms with Crippen LogP contribution in [0.1, 0.15) is 138 Å². The molecule has 0 radical (unpaired) electrons. The largest absolute Gasteiger partial charge is 0.147 e. The number of benzene rings is 4. The van der Waals surface area contributed by atoms with Gasteiger partial charge in [-0.3, -0.25) is 0 Å². The number of alkyl halides is 3. The van der Waals surface area contributed by atoms with Crippen LogP contribution in [-0.4, -0.2) is 13.1 Å². The van der Waals surface area contributed by atoms with Crippen LogP contribution in [0.5, 0.6) is 0 Å². The molecule has 10 aliphatic rings. The smallest absolute Gasteiger partial charge is 0.147 e. The SMILES string of the molecule is CCc1ccc(-c2cccc3c2C=C(CC2C4CC5CC(C4)CC2C5)[CH]3[Zr]([CH3])(=[SiH2])([CH2]CC(F)(F)F)[CH]2C(CC3C4CC5CC(C4)CC3C5)=Cc3c(-c4ccc(CC)cc4)cccc32)cc1.Cl.Cl. The van der Waals surface area contributed by atoms with Crippen molar-refractivity contribution in [3.8, 4) is 22.3 Å². The Morgan fingerprint density at radius 2 is 0.881 bits per heavy atom.